The van der Waals surface area contributed by atoms with Crippen LogP contribution in [-0.2, 0) is 15.5 Å². The Hall–Kier alpha value is -2.89. The summed E-state index contributed by atoms with van der Waals surface area (Å²) in [4.78, 5) is 28.5. The van der Waals surface area contributed by atoms with Crippen molar-refractivity contribution in [3.63, 3.8) is 0 Å². The van der Waals surface area contributed by atoms with Crippen molar-refractivity contribution in [2.45, 2.75) is 93.9 Å². The maximum absolute atomic E-state index is 16.4. The number of carbonyl (C=O) groups excluding carboxylic acids is 2. The zero-order valence-corrected chi connectivity index (χ0v) is 29.1. The van der Waals surface area contributed by atoms with Crippen LogP contribution in [-0.4, -0.2) is 65.1 Å². The van der Waals surface area contributed by atoms with E-state index in [2.05, 4.69) is 21.2 Å². The highest BCUT2D eigenvalue weighted by molar-refractivity contribution is 9.10. The molecule has 1 saturated heterocycles. The summed E-state index contributed by atoms with van der Waals surface area (Å²) in [5, 5.41) is 4.80. The summed E-state index contributed by atoms with van der Waals surface area (Å²) in [6.07, 6.45) is 5.15. The van der Waals surface area contributed by atoms with Gasteiger partial charge >= 0.3 is 6.09 Å². The molecule has 248 valence electrons. The highest BCUT2D eigenvalue weighted by Gasteiger charge is 2.50. The summed E-state index contributed by atoms with van der Waals surface area (Å²) in [5.74, 6) is -3.32. The topological polar surface area (TPSA) is 71.1 Å². The van der Waals surface area contributed by atoms with Gasteiger partial charge in [-0.05, 0) is 125 Å². The van der Waals surface area contributed by atoms with E-state index in [0.29, 0.717) is 17.3 Å². The van der Waals surface area contributed by atoms with Gasteiger partial charge in [0, 0.05) is 34.1 Å². The van der Waals surface area contributed by atoms with Gasteiger partial charge in [-0.3, -0.25) is 4.79 Å². The molecule has 11 heteroatoms. The molecule has 1 unspecified atom stereocenters. The Labute approximate surface area is 282 Å². The van der Waals surface area contributed by atoms with Crippen LogP contribution in [0, 0.1) is 0 Å². The van der Waals surface area contributed by atoms with Crippen LogP contribution < -0.4 is 10.1 Å². The average Bonchev–Trinajstić information content (AvgIpc) is 3.50. The maximum atomic E-state index is 16.4. The SMILES string of the molecule is CN(Sc1ccc2cc(OC3CCCC3)ccc2c1)C(C(=O)N1CCC(NC(=O)OC(C)(C)C)CC1)C(F)(F)c1ccc(Br)cc1. The van der Waals surface area contributed by atoms with Crippen molar-refractivity contribution in [1.82, 2.24) is 14.5 Å². The molecule has 0 radical (unpaired) electrons. The predicted molar refractivity (Wildman–Crippen MR) is 181 cm³/mol. The monoisotopic (exact) mass is 717 g/mol. The molecule has 2 aliphatic rings. The molecule has 7 nitrogen and oxygen atoms in total. The molecular formula is C35H42BrF2N3O4S. The lowest BCUT2D eigenvalue weighted by molar-refractivity contribution is -0.151. The number of likely N-dealkylation sites (tertiary alicyclic amines) is 1. The zero-order valence-electron chi connectivity index (χ0n) is 26.7. The first-order valence-electron chi connectivity index (χ1n) is 15.8. The zero-order chi connectivity index (χ0) is 33.1. The molecule has 2 fully saturated rings. The molecule has 3 aromatic carbocycles. The summed E-state index contributed by atoms with van der Waals surface area (Å²) >= 11 is 4.44. The molecule has 0 aromatic heterocycles. The van der Waals surface area contributed by atoms with Gasteiger partial charge < -0.3 is 19.7 Å². The van der Waals surface area contributed by atoms with Crippen LogP contribution in [0.1, 0.15) is 64.9 Å². The van der Waals surface area contributed by atoms with E-state index in [1.54, 1.807) is 40.0 Å². The quantitative estimate of drug-likeness (QED) is 0.224. The van der Waals surface area contributed by atoms with E-state index in [1.807, 2.05) is 36.4 Å². The number of amides is 2. The molecule has 1 heterocycles. The third-order valence-corrected chi connectivity index (χ3v) is 9.83. The number of hydrogen-bond acceptors (Lipinski definition) is 6. The van der Waals surface area contributed by atoms with Gasteiger partial charge in [0.2, 0.25) is 5.91 Å². The lowest BCUT2D eigenvalue weighted by Gasteiger charge is -2.39. The number of likely N-dealkylation sites (N-methyl/N-ethyl adjacent to an activating group) is 1. The predicted octanol–water partition coefficient (Wildman–Crippen LogP) is 8.54. The largest absolute Gasteiger partial charge is 0.490 e. The van der Waals surface area contributed by atoms with Crippen LogP contribution in [0.25, 0.3) is 10.8 Å². The number of nitrogens with zero attached hydrogens (tertiary/aromatic N) is 2. The fraction of sp³-hybridized carbons (Fsp3) is 0.486. The second-order valence-corrected chi connectivity index (χ2v) is 15.3. The summed E-state index contributed by atoms with van der Waals surface area (Å²) in [7, 11) is 1.54. The highest BCUT2D eigenvalue weighted by atomic mass is 79.9. The van der Waals surface area contributed by atoms with Gasteiger partial charge in [0.15, 0.2) is 6.04 Å². The maximum Gasteiger partial charge on any atom is 0.407 e. The van der Waals surface area contributed by atoms with Crippen molar-refractivity contribution in [2.75, 3.05) is 20.1 Å². The first-order valence-corrected chi connectivity index (χ1v) is 17.4. The van der Waals surface area contributed by atoms with Gasteiger partial charge in [-0.15, -0.1) is 0 Å². The molecule has 1 atom stereocenters. The molecule has 1 N–H and O–H groups in total. The van der Waals surface area contributed by atoms with E-state index in [9.17, 15) is 9.59 Å². The van der Waals surface area contributed by atoms with Crippen LogP contribution in [0.15, 0.2) is 70.0 Å². The fourth-order valence-corrected chi connectivity index (χ4v) is 7.24. The second-order valence-electron chi connectivity index (χ2n) is 13.1. The molecule has 46 heavy (non-hydrogen) atoms. The summed E-state index contributed by atoms with van der Waals surface area (Å²) in [6.45, 7) is 5.84. The molecule has 1 saturated carbocycles. The second kappa shape index (κ2) is 14.5. The Morgan fingerprint density at radius 1 is 0.957 bits per heavy atom. The molecule has 5 rings (SSSR count). The van der Waals surface area contributed by atoms with Crippen molar-refractivity contribution >= 4 is 50.7 Å². The Morgan fingerprint density at radius 3 is 2.24 bits per heavy atom. The van der Waals surface area contributed by atoms with Crippen molar-refractivity contribution in [2.24, 2.45) is 0 Å². The molecule has 1 aliphatic carbocycles. The van der Waals surface area contributed by atoms with Gasteiger partial charge in [-0.25, -0.2) is 9.10 Å². The fourth-order valence-electron chi connectivity index (χ4n) is 6.01. The number of alkyl carbamates (subject to hydrolysis) is 1. The van der Waals surface area contributed by atoms with Crippen molar-refractivity contribution in [3.05, 3.63) is 70.7 Å². The Bertz CT molecular complexity index is 1520. The first-order chi connectivity index (χ1) is 21.8. The van der Waals surface area contributed by atoms with E-state index in [4.69, 9.17) is 9.47 Å². The lowest BCUT2D eigenvalue weighted by atomic mass is 9.98. The Morgan fingerprint density at radius 2 is 1.59 bits per heavy atom. The average molecular weight is 719 g/mol. The summed E-state index contributed by atoms with van der Waals surface area (Å²) in [5.41, 5.74) is -0.872. The number of alkyl halides is 2. The minimum atomic E-state index is -3.49. The number of ether oxygens (including phenoxy) is 2. The number of carbonyl (C=O) groups is 2. The number of nitrogens with one attached hydrogen (secondary N) is 1. The van der Waals surface area contributed by atoms with Crippen molar-refractivity contribution < 1.29 is 27.8 Å². The molecule has 0 spiro atoms. The number of piperidine rings is 1. The standard InChI is InChI=1S/C35H42BrF2N3O4S/c1-34(2,3)45-33(43)39-27-17-19-41(20-18-27)32(42)31(35(37,38)25-11-13-26(36)14-12-25)40(4)46-30-16-10-23-21-29(15-9-24(23)22-30)44-28-7-5-6-8-28/h9-16,21-22,27-28,31H,5-8,17-20H2,1-4H3,(H,39,43). The smallest absolute Gasteiger partial charge is 0.407 e. The van der Waals surface area contributed by atoms with Crippen molar-refractivity contribution in [1.29, 1.82) is 0 Å². The number of hydrogen-bond donors (Lipinski definition) is 1. The summed E-state index contributed by atoms with van der Waals surface area (Å²) in [6, 6.07) is 15.6. The van der Waals surface area contributed by atoms with Crippen LogP contribution in [0.5, 0.6) is 5.75 Å². The Kier molecular flexibility index (Phi) is 10.8. The third kappa shape index (κ3) is 8.72. The van der Waals surface area contributed by atoms with Gasteiger partial charge in [0.1, 0.15) is 11.4 Å². The van der Waals surface area contributed by atoms with Gasteiger partial charge in [-0.2, -0.15) is 8.78 Å². The molecular weight excluding hydrogens is 676 g/mol. The van der Waals surface area contributed by atoms with Crippen LogP contribution >= 0.6 is 27.9 Å². The Balaban J connectivity index is 1.32. The number of benzene rings is 3. The van der Waals surface area contributed by atoms with E-state index < -0.39 is 29.6 Å². The molecule has 2 amide bonds. The van der Waals surface area contributed by atoms with Crippen molar-refractivity contribution in [3.8, 4) is 5.75 Å². The lowest BCUT2D eigenvalue weighted by Crippen LogP contribution is -2.56. The number of halogens is 3. The van der Waals surface area contributed by atoms with E-state index in [1.165, 1.54) is 34.2 Å². The van der Waals surface area contributed by atoms with E-state index in [-0.39, 0.29) is 30.8 Å². The molecule has 3 aromatic rings. The van der Waals surface area contributed by atoms with Crippen LogP contribution in [0.3, 0.4) is 0 Å². The van der Waals surface area contributed by atoms with Gasteiger partial charge in [0.05, 0.1) is 6.10 Å². The van der Waals surface area contributed by atoms with Crippen LogP contribution in [0.4, 0.5) is 13.6 Å². The number of fused-ring (bicyclic) bond motifs is 1. The normalized spacial score (nSPS) is 17.3. The first kappa shape index (κ1) is 34.4. The van der Waals surface area contributed by atoms with Crippen LogP contribution in [0.2, 0.25) is 0 Å². The summed E-state index contributed by atoms with van der Waals surface area (Å²) < 4.78 is 46.3. The molecule has 1 aliphatic heterocycles. The number of rotatable bonds is 9. The van der Waals surface area contributed by atoms with Gasteiger partial charge in [-0.1, -0.05) is 40.2 Å². The minimum absolute atomic E-state index is 0.210. The highest BCUT2D eigenvalue weighted by Crippen LogP contribution is 2.40. The minimum Gasteiger partial charge on any atom is -0.490 e. The van der Waals surface area contributed by atoms with E-state index in [0.717, 1.165) is 46.2 Å². The van der Waals surface area contributed by atoms with E-state index >= 15 is 8.78 Å². The van der Waals surface area contributed by atoms with Gasteiger partial charge in [0.25, 0.3) is 5.92 Å². The third-order valence-electron chi connectivity index (χ3n) is 8.34. The molecule has 0 bridgehead atoms.